The van der Waals surface area contributed by atoms with E-state index in [0.29, 0.717) is 5.57 Å². The summed E-state index contributed by atoms with van der Waals surface area (Å²) >= 11 is 2.91. The summed E-state index contributed by atoms with van der Waals surface area (Å²) in [7, 11) is 0. The molecule has 0 aliphatic heterocycles. The van der Waals surface area contributed by atoms with E-state index in [1.54, 1.807) is 13.8 Å². The Kier molecular flexibility index (Phi) is 6.74. The number of ether oxygens (including phenoxy) is 1. The molecule has 0 fully saturated rings. The topological polar surface area (TPSA) is 43.4 Å². The Hall–Kier alpha value is -0.420. The maximum atomic E-state index is 11.4. The molecule has 0 spiro atoms. The first-order valence-electron chi connectivity index (χ1n) is 4.08. The predicted octanol–water partition coefficient (Wildman–Crippen LogP) is 2.08. The minimum Gasteiger partial charge on any atom is -0.460 e. The molecule has 0 heterocycles. The molecule has 0 aliphatic carbocycles. The lowest BCUT2D eigenvalue weighted by Crippen LogP contribution is -2.18. The number of hydrogen-bond acceptors (Lipinski definition) is 5. The molecule has 0 amide bonds. The van der Waals surface area contributed by atoms with Crippen LogP contribution in [-0.4, -0.2) is 30.9 Å². The van der Waals surface area contributed by atoms with Crippen molar-refractivity contribution in [2.45, 2.75) is 13.8 Å². The van der Waals surface area contributed by atoms with E-state index in [1.165, 1.54) is 23.5 Å². The molecule has 3 nitrogen and oxygen atoms in total. The van der Waals surface area contributed by atoms with Crippen LogP contribution >= 0.6 is 23.5 Å². The van der Waals surface area contributed by atoms with E-state index in [2.05, 4.69) is 4.74 Å². The SMILES string of the molecule is CCOC(=O)C(=O)C(C)=C(SC)SC. The van der Waals surface area contributed by atoms with Gasteiger partial charge in [-0.25, -0.2) is 4.79 Å². The van der Waals surface area contributed by atoms with E-state index >= 15 is 0 Å². The smallest absolute Gasteiger partial charge is 0.379 e. The van der Waals surface area contributed by atoms with Crippen LogP contribution in [0.25, 0.3) is 0 Å². The lowest BCUT2D eigenvalue weighted by Gasteiger charge is -2.05. The van der Waals surface area contributed by atoms with Gasteiger partial charge in [0, 0.05) is 9.81 Å². The molecule has 14 heavy (non-hydrogen) atoms. The minimum atomic E-state index is -0.773. The standard InChI is InChI=1S/C9H14O3S2/c1-5-12-8(11)7(10)6(2)9(13-3)14-4/h5H2,1-4H3. The Balaban J connectivity index is 4.67. The average Bonchev–Trinajstić information content (AvgIpc) is 2.18. The highest BCUT2D eigenvalue weighted by atomic mass is 32.2. The first-order valence-corrected chi connectivity index (χ1v) is 6.53. The third-order valence-electron chi connectivity index (χ3n) is 1.48. The van der Waals surface area contributed by atoms with Gasteiger partial charge in [-0.15, -0.1) is 23.5 Å². The number of thioether (sulfide) groups is 2. The molecule has 5 heteroatoms. The minimum absolute atomic E-state index is 0.228. The highest BCUT2D eigenvalue weighted by Crippen LogP contribution is 2.27. The zero-order valence-corrected chi connectivity index (χ0v) is 10.4. The van der Waals surface area contributed by atoms with Crippen molar-refractivity contribution in [3.05, 3.63) is 9.81 Å². The highest BCUT2D eigenvalue weighted by Gasteiger charge is 2.19. The van der Waals surface area contributed by atoms with Crippen molar-refractivity contribution in [2.24, 2.45) is 0 Å². The summed E-state index contributed by atoms with van der Waals surface area (Å²) in [5.41, 5.74) is 0.462. The van der Waals surface area contributed by atoms with Gasteiger partial charge < -0.3 is 4.74 Å². The van der Waals surface area contributed by atoms with Gasteiger partial charge in [-0.1, -0.05) is 0 Å². The van der Waals surface area contributed by atoms with Gasteiger partial charge in [-0.3, -0.25) is 4.79 Å². The second-order valence-electron chi connectivity index (χ2n) is 2.37. The quantitative estimate of drug-likeness (QED) is 0.414. The predicted molar refractivity (Wildman–Crippen MR) is 61.4 cm³/mol. The largest absolute Gasteiger partial charge is 0.460 e. The van der Waals surface area contributed by atoms with Crippen molar-refractivity contribution < 1.29 is 14.3 Å². The van der Waals surface area contributed by atoms with Gasteiger partial charge in [0.25, 0.3) is 5.78 Å². The third kappa shape index (κ3) is 3.75. The molecule has 0 N–H and O–H groups in total. The van der Waals surface area contributed by atoms with E-state index in [4.69, 9.17) is 0 Å². The summed E-state index contributed by atoms with van der Waals surface area (Å²) < 4.78 is 5.47. The molecule has 0 aliphatic rings. The van der Waals surface area contributed by atoms with Gasteiger partial charge >= 0.3 is 5.97 Å². The van der Waals surface area contributed by atoms with Crippen molar-refractivity contribution >= 4 is 35.3 Å². The molecule has 0 radical (unpaired) electrons. The fourth-order valence-electron chi connectivity index (χ4n) is 0.832. The maximum Gasteiger partial charge on any atom is 0.379 e. The number of Topliss-reactive ketones (excluding diaryl/α,β-unsaturated/α-hetero) is 1. The summed E-state index contributed by atoms with van der Waals surface area (Å²) in [4.78, 5) is 22.5. The van der Waals surface area contributed by atoms with Crippen LogP contribution in [0.4, 0.5) is 0 Å². The van der Waals surface area contributed by atoms with Crippen LogP contribution in [0.5, 0.6) is 0 Å². The van der Waals surface area contributed by atoms with Crippen LogP contribution in [0.1, 0.15) is 13.8 Å². The molecule has 0 saturated carbocycles. The number of rotatable bonds is 5. The summed E-state index contributed by atoms with van der Waals surface area (Å²) in [6.45, 7) is 3.54. The van der Waals surface area contributed by atoms with Crippen molar-refractivity contribution in [1.29, 1.82) is 0 Å². The zero-order valence-electron chi connectivity index (χ0n) is 8.75. The Morgan fingerprint density at radius 1 is 1.21 bits per heavy atom. The molecule has 0 unspecified atom stereocenters. The van der Waals surface area contributed by atoms with E-state index in [0.717, 1.165) is 4.24 Å². The monoisotopic (exact) mass is 234 g/mol. The summed E-state index contributed by atoms with van der Waals surface area (Å²) in [6.07, 6.45) is 3.74. The number of hydrogen-bond donors (Lipinski definition) is 0. The van der Waals surface area contributed by atoms with Crippen LogP contribution in [-0.2, 0) is 14.3 Å². The summed E-state index contributed by atoms with van der Waals surface area (Å²) in [5, 5.41) is 0. The van der Waals surface area contributed by atoms with Crippen molar-refractivity contribution in [1.82, 2.24) is 0 Å². The summed E-state index contributed by atoms with van der Waals surface area (Å²) in [5.74, 6) is -1.32. The van der Waals surface area contributed by atoms with E-state index in [-0.39, 0.29) is 6.61 Å². The molecule has 0 aromatic carbocycles. The van der Waals surface area contributed by atoms with E-state index < -0.39 is 11.8 Å². The maximum absolute atomic E-state index is 11.4. The van der Waals surface area contributed by atoms with Gasteiger partial charge in [0.2, 0.25) is 0 Å². The van der Waals surface area contributed by atoms with Gasteiger partial charge in [-0.05, 0) is 26.4 Å². The zero-order chi connectivity index (χ0) is 11.1. The highest BCUT2D eigenvalue weighted by molar-refractivity contribution is 8.21. The van der Waals surface area contributed by atoms with Crippen molar-refractivity contribution in [2.75, 3.05) is 19.1 Å². The van der Waals surface area contributed by atoms with Crippen LogP contribution in [0.3, 0.4) is 0 Å². The van der Waals surface area contributed by atoms with Gasteiger partial charge in [-0.2, -0.15) is 0 Å². The molecule has 0 aromatic rings. The van der Waals surface area contributed by atoms with Crippen LogP contribution in [0, 0.1) is 0 Å². The van der Waals surface area contributed by atoms with Crippen LogP contribution < -0.4 is 0 Å². The normalized spacial score (nSPS) is 9.43. The third-order valence-corrected chi connectivity index (χ3v) is 3.83. The molecule has 0 saturated heterocycles. The fraction of sp³-hybridized carbons (Fsp3) is 0.556. The molecule has 0 rings (SSSR count). The van der Waals surface area contributed by atoms with Crippen molar-refractivity contribution in [3.63, 3.8) is 0 Å². The van der Waals surface area contributed by atoms with E-state index in [9.17, 15) is 9.59 Å². The van der Waals surface area contributed by atoms with E-state index in [1.807, 2.05) is 12.5 Å². The van der Waals surface area contributed by atoms with Crippen LogP contribution in [0.2, 0.25) is 0 Å². The first kappa shape index (κ1) is 13.6. The fourth-order valence-corrected chi connectivity index (χ4v) is 2.30. The Labute approximate surface area is 92.7 Å². The van der Waals surface area contributed by atoms with Gasteiger partial charge in [0.15, 0.2) is 0 Å². The number of carbonyl (C=O) groups is 2. The molecule has 0 aromatic heterocycles. The summed E-state index contributed by atoms with van der Waals surface area (Å²) in [6, 6.07) is 0. The molecular weight excluding hydrogens is 220 g/mol. The number of esters is 1. The second-order valence-corrected chi connectivity index (χ2v) is 4.26. The Bertz CT molecular complexity index is 253. The Morgan fingerprint density at radius 2 is 1.71 bits per heavy atom. The van der Waals surface area contributed by atoms with Gasteiger partial charge in [0.05, 0.1) is 6.61 Å². The van der Waals surface area contributed by atoms with Crippen LogP contribution in [0.15, 0.2) is 9.81 Å². The van der Waals surface area contributed by atoms with Crippen molar-refractivity contribution in [3.8, 4) is 0 Å². The molecule has 0 atom stereocenters. The molecule has 80 valence electrons. The lowest BCUT2D eigenvalue weighted by atomic mass is 10.2. The number of ketones is 1. The number of carbonyl (C=O) groups excluding carboxylic acids is 2. The Morgan fingerprint density at radius 3 is 2.07 bits per heavy atom. The van der Waals surface area contributed by atoms with Gasteiger partial charge in [0.1, 0.15) is 0 Å². The molecule has 0 bridgehead atoms. The lowest BCUT2D eigenvalue weighted by molar-refractivity contribution is -0.151. The average molecular weight is 234 g/mol. The first-order chi connectivity index (χ1) is 6.58. The second kappa shape index (κ2) is 6.95. The molecular formula is C9H14O3S2.